The molecule has 1 heterocycles. The smallest absolute Gasteiger partial charge is 0.295 e. The van der Waals surface area contributed by atoms with Gasteiger partial charge in [0.05, 0.1) is 18.7 Å². The summed E-state index contributed by atoms with van der Waals surface area (Å²) < 4.78 is 6.07. The van der Waals surface area contributed by atoms with Crippen molar-refractivity contribution in [1.82, 2.24) is 9.80 Å². The summed E-state index contributed by atoms with van der Waals surface area (Å²) in [5.74, 6) is -0.918. The number of likely N-dealkylation sites (tertiary alicyclic amines) is 1. The molecule has 3 rings (SSSR count). The first kappa shape index (κ1) is 22.1. The summed E-state index contributed by atoms with van der Waals surface area (Å²) >= 11 is 3.46. The fourth-order valence-corrected chi connectivity index (χ4v) is 4.03. The van der Waals surface area contributed by atoms with E-state index in [1.807, 2.05) is 43.3 Å². The summed E-state index contributed by atoms with van der Waals surface area (Å²) in [5.41, 5.74) is 1.29. The van der Waals surface area contributed by atoms with Crippen LogP contribution in [0.15, 0.2) is 58.6 Å². The van der Waals surface area contributed by atoms with E-state index < -0.39 is 17.7 Å². The van der Waals surface area contributed by atoms with Gasteiger partial charge >= 0.3 is 0 Å². The predicted octanol–water partition coefficient (Wildman–Crippen LogP) is 3.83. The Labute approximate surface area is 184 Å². The van der Waals surface area contributed by atoms with E-state index in [0.29, 0.717) is 24.3 Å². The van der Waals surface area contributed by atoms with Crippen molar-refractivity contribution in [2.24, 2.45) is 0 Å². The number of Topliss-reactive ketones (excluding diaryl/α,β-unsaturated/α-hetero) is 1. The fourth-order valence-electron chi connectivity index (χ4n) is 3.62. The Morgan fingerprint density at radius 2 is 1.90 bits per heavy atom. The lowest BCUT2D eigenvalue weighted by atomic mass is 9.95. The Balaban J connectivity index is 2.11. The molecule has 0 aromatic heterocycles. The van der Waals surface area contributed by atoms with Crippen molar-refractivity contribution < 1.29 is 19.4 Å². The average Bonchev–Trinajstić information content (AvgIpc) is 2.98. The van der Waals surface area contributed by atoms with Gasteiger partial charge in [-0.1, -0.05) is 40.2 Å². The molecule has 0 radical (unpaired) electrons. The summed E-state index contributed by atoms with van der Waals surface area (Å²) in [6.45, 7) is 1.19. The monoisotopic (exact) mass is 472 g/mol. The summed E-state index contributed by atoms with van der Waals surface area (Å²) in [6.07, 6.45) is 0.712. The van der Waals surface area contributed by atoms with Crippen LogP contribution in [0.3, 0.4) is 0 Å². The first-order chi connectivity index (χ1) is 14.3. The number of hydrogen-bond donors (Lipinski definition) is 1. The zero-order valence-electron chi connectivity index (χ0n) is 17.3. The van der Waals surface area contributed by atoms with E-state index in [9.17, 15) is 14.7 Å². The van der Waals surface area contributed by atoms with E-state index in [-0.39, 0.29) is 11.3 Å². The number of nitrogens with zero attached hydrogens (tertiary/aromatic N) is 2. The molecule has 1 N–H and O–H groups in total. The molecule has 1 saturated heterocycles. The first-order valence-electron chi connectivity index (χ1n) is 9.66. The quantitative estimate of drug-likeness (QED) is 0.376. The number of carbonyl (C=O) groups is 2. The van der Waals surface area contributed by atoms with Gasteiger partial charge in [-0.05, 0) is 56.9 Å². The summed E-state index contributed by atoms with van der Waals surface area (Å²) in [7, 11) is 5.45. The average molecular weight is 473 g/mol. The molecule has 30 heavy (non-hydrogen) atoms. The number of aliphatic hydroxyl groups excluding tert-OH is 1. The Morgan fingerprint density at radius 3 is 2.57 bits per heavy atom. The highest BCUT2D eigenvalue weighted by Crippen LogP contribution is 2.40. The van der Waals surface area contributed by atoms with E-state index >= 15 is 0 Å². The first-order valence-corrected chi connectivity index (χ1v) is 10.5. The molecular weight excluding hydrogens is 448 g/mol. The minimum atomic E-state index is -0.676. The van der Waals surface area contributed by atoms with Crippen LogP contribution in [0, 0.1) is 0 Å². The largest absolute Gasteiger partial charge is 0.507 e. The van der Waals surface area contributed by atoms with Crippen LogP contribution in [0.1, 0.15) is 23.6 Å². The molecule has 1 fully saturated rings. The molecule has 1 aliphatic heterocycles. The number of carbonyl (C=O) groups excluding carboxylic acids is 2. The van der Waals surface area contributed by atoms with E-state index in [0.717, 1.165) is 16.6 Å². The van der Waals surface area contributed by atoms with Gasteiger partial charge in [0.25, 0.3) is 11.7 Å². The Bertz CT molecular complexity index is 987. The second-order valence-corrected chi connectivity index (χ2v) is 8.35. The lowest BCUT2D eigenvalue weighted by Gasteiger charge is -2.26. The van der Waals surface area contributed by atoms with Gasteiger partial charge in [-0.2, -0.15) is 0 Å². The van der Waals surface area contributed by atoms with Gasteiger partial charge in [-0.15, -0.1) is 0 Å². The number of halogens is 1. The van der Waals surface area contributed by atoms with Gasteiger partial charge < -0.3 is 19.6 Å². The Kier molecular flexibility index (Phi) is 6.95. The van der Waals surface area contributed by atoms with E-state index in [4.69, 9.17) is 4.74 Å². The lowest BCUT2D eigenvalue weighted by Crippen LogP contribution is -2.32. The molecule has 158 valence electrons. The Morgan fingerprint density at radius 1 is 1.17 bits per heavy atom. The molecule has 0 bridgehead atoms. The van der Waals surface area contributed by atoms with Crippen LogP contribution >= 0.6 is 15.9 Å². The van der Waals surface area contributed by atoms with Crippen LogP contribution in [0.5, 0.6) is 5.75 Å². The zero-order chi connectivity index (χ0) is 21.8. The highest BCUT2D eigenvalue weighted by Gasteiger charge is 2.45. The summed E-state index contributed by atoms with van der Waals surface area (Å²) in [5, 5.41) is 11.1. The van der Waals surface area contributed by atoms with Gasteiger partial charge in [-0.25, -0.2) is 0 Å². The molecule has 2 aromatic rings. The molecular formula is C23H25BrN2O4. The van der Waals surface area contributed by atoms with Crippen LogP contribution in [0.25, 0.3) is 5.76 Å². The molecule has 7 heteroatoms. The van der Waals surface area contributed by atoms with Crippen molar-refractivity contribution in [3.05, 3.63) is 69.7 Å². The van der Waals surface area contributed by atoms with Crippen molar-refractivity contribution in [2.75, 3.05) is 34.3 Å². The highest BCUT2D eigenvalue weighted by atomic mass is 79.9. The minimum Gasteiger partial charge on any atom is -0.507 e. The lowest BCUT2D eigenvalue weighted by molar-refractivity contribution is -0.139. The van der Waals surface area contributed by atoms with Crippen LogP contribution < -0.4 is 4.74 Å². The molecule has 0 unspecified atom stereocenters. The third kappa shape index (κ3) is 4.57. The summed E-state index contributed by atoms with van der Waals surface area (Å²) in [6, 6.07) is 13.6. The standard InChI is InChI=1S/C23H25BrN2O4/c1-25(2)11-6-12-26-20(15-7-4-9-17(24)13-15)19(22(28)23(26)29)21(27)16-8-5-10-18(14-16)30-3/h4-5,7-10,13-14,20,27H,6,11-12H2,1-3H3/b21-19+/t20-/m1/s1. The van der Waals surface area contributed by atoms with E-state index in [1.54, 1.807) is 29.2 Å². The van der Waals surface area contributed by atoms with Gasteiger partial charge in [-0.3, -0.25) is 9.59 Å². The number of rotatable bonds is 7. The molecule has 0 aliphatic carbocycles. The van der Waals surface area contributed by atoms with Crippen molar-refractivity contribution in [3.63, 3.8) is 0 Å². The number of amides is 1. The molecule has 6 nitrogen and oxygen atoms in total. The van der Waals surface area contributed by atoms with Gasteiger partial charge in [0.2, 0.25) is 0 Å². The van der Waals surface area contributed by atoms with E-state index in [2.05, 4.69) is 15.9 Å². The van der Waals surface area contributed by atoms with Crippen LogP contribution in [0.2, 0.25) is 0 Å². The van der Waals surface area contributed by atoms with Crippen LogP contribution in [-0.4, -0.2) is 60.9 Å². The van der Waals surface area contributed by atoms with Gasteiger partial charge in [0, 0.05) is 16.6 Å². The molecule has 2 aromatic carbocycles. The normalized spacial score (nSPS) is 18.3. The van der Waals surface area contributed by atoms with Crippen molar-refractivity contribution >= 4 is 33.4 Å². The number of aliphatic hydroxyl groups is 1. The molecule has 0 spiro atoms. The molecule has 1 amide bonds. The maximum absolute atomic E-state index is 13.0. The van der Waals surface area contributed by atoms with Crippen molar-refractivity contribution in [2.45, 2.75) is 12.5 Å². The van der Waals surface area contributed by atoms with Gasteiger partial charge in [0.1, 0.15) is 11.5 Å². The maximum Gasteiger partial charge on any atom is 0.295 e. The molecule has 1 aliphatic rings. The third-order valence-electron chi connectivity index (χ3n) is 5.05. The number of methoxy groups -OCH3 is 1. The van der Waals surface area contributed by atoms with E-state index in [1.165, 1.54) is 7.11 Å². The number of ketones is 1. The minimum absolute atomic E-state index is 0.0937. The van der Waals surface area contributed by atoms with Crippen molar-refractivity contribution in [3.8, 4) is 5.75 Å². The zero-order valence-corrected chi connectivity index (χ0v) is 18.8. The maximum atomic E-state index is 13.0. The number of ether oxygens (including phenoxy) is 1. The molecule has 0 saturated carbocycles. The van der Waals surface area contributed by atoms with Gasteiger partial charge in [0.15, 0.2) is 0 Å². The molecule has 1 atom stereocenters. The second-order valence-electron chi connectivity index (χ2n) is 7.44. The topological polar surface area (TPSA) is 70.1 Å². The predicted molar refractivity (Wildman–Crippen MR) is 119 cm³/mol. The fraction of sp³-hybridized carbons (Fsp3) is 0.304. The summed E-state index contributed by atoms with van der Waals surface area (Å²) in [4.78, 5) is 29.5. The highest BCUT2D eigenvalue weighted by molar-refractivity contribution is 9.10. The van der Waals surface area contributed by atoms with Crippen LogP contribution in [-0.2, 0) is 9.59 Å². The SMILES string of the molecule is COc1cccc(/C(O)=C2\C(=O)C(=O)N(CCCN(C)C)[C@@H]2c2cccc(Br)c2)c1. The Hall–Kier alpha value is -2.64. The van der Waals surface area contributed by atoms with Crippen LogP contribution in [0.4, 0.5) is 0 Å². The third-order valence-corrected chi connectivity index (χ3v) is 5.55. The number of benzene rings is 2. The second kappa shape index (κ2) is 9.45. The van der Waals surface area contributed by atoms with Crippen molar-refractivity contribution in [1.29, 1.82) is 0 Å². The number of hydrogen-bond acceptors (Lipinski definition) is 5.